The van der Waals surface area contributed by atoms with E-state index in [1.807, 2.05) is 25.1 Å². The van der Waals surface area contributed by atoms with Crippen LogP contribution in [0.2, 0.25) is 0 Å². The molecule has 0 amide bonds. The van der Waals surface area contributed by atoms with Crippen LogP contribution in [0, 0.1) is 6.92 Å². The molecule has 1 aromatic heterocycles. The molecule has 116 valence electrons. The van der Waals surface area contributed by atoms with E-state index in [0.717, 1.165) is 17.7 Å². The highest BCUT2D eigenvalue weighted by molar-refractivity contribution is 7.92. The summed E-state index contributed by atoms with van der Waals surface area (Å²) in [5, 5.41) is 0. The van der Waals surface area contributed by atoms with Crippen LogP contribution in [0.4, 0.5) is 5.69 Å². The van der Waals surface area contributed by atoms with Crippen LogP contribution in [0.15, 0.2) is 47.5 Å². The fraction of sp³-hybridized carbons (Fsp3) is 0.353. The quantitative estimate of drug-likeness (QED) is 0.854. The van der Waals surface area contributed by atoms with Gasteiger partial charge in [0.2, 0.25) is 0 Å². The number of pyridine rings is 1. The zero-order chi connectivity index (χ0) is 16.0. The van der Waals surface area contributed by atoms with Gasteiger partial charge in [0.1, 0.15) is 0 Å². The van der Waals surface area contributed by atoms with Gasteiger partial charge < -0.3 is 0 Å². The molecule has 3 rings (SSSR count). The topological polar surface area (TPSA) is 50.3 Å². The average Bonchev–Trinajstić information content (AvgIpc) is 2.47. The third-order valence-electron chi connectivity index (χ3n) is 4.25. The molecule has 0 radical (unpaired) electrons. The fourth-order valence-electron chi connectivity index (χ4n) is 2.83. The maximum atomic E-state index is 13.0. The third kappa shape index (κ3) is 2.39. The lowest BCUT2D eigenvalue weighted by molar-refractivity contribution is 0.453. The number of fused-ring (bicyclic) bond motifs is 1. The summed E-state index contributed by atoms with van der Waals surface area (Å²) in [5.41, 5.74) is 2.47. The van der Waals surface area contributed by atoms with Crippen molar-refractivity contribution in [2.45, 2.75) is 37.5 Å². The van der Waals surface area contributed by atoms with Gasteiger partial charge in [-0.15, -0.1) is 0 Å². The molecule has 0 saturated carbocycles. The third-order valence-corrected chi connectivity index (χ3v) is 6.07. The molecule has 0 bridgehead atoms. The molecule has 22 heavy (non-hydrogen) atoms. The van der Waals surface area contributed by atoms with Gasteiger partial charge >= 0.3 is 0 Å². The smallest absolute Gasteiger partial charge is 0.264 e. The molecule has 2 aromatic rings. The van der Waals surface area contributed by atoms with E-state index in [4.69, 9.17) is 0 Å². The van der Waals surface area contributed by atoms with Crippen LogP contribution >= 0.6 is 0 Å². The van der Waals surface area contributed by atoms with Crippen molar-refractivity contribution in [2.75, 3.05) is 10.8 Å². The van der Waals surface area contributed by atoms with Gasteiger partial charge in [-0.1, -0.05) is 31.5 Å². The Morgan fingerprint density at radius 1 is 1.14 bits per heavy atom. The van der Waals surface area contributed by atoms with Crippen molar-refractivity contribution in [3.8, 4) is 0 Å². The van der Waals surface area contributed by atoms with E-state index in [0.29, 0.717) is 17.1 Å². The fourth-order valence-corrected chi connectivity index (χ4v) is 4.30. The summed E-state index contributed by atoms with van der Waals surface area (Å²) in [6, 6.07) is 10.6. The molecule has 0 spiro atoms. The van der Waals surface area contributed by atoms with Crippen LogP contribution < -0.4 is 4.31 Å². The van der Waals surface area contributed by atoms with Gasteiger partial charge in [0, 0.05) is 18.2 Å². The second-order valence-electron chi connectivity index (χ2n) is 6.40. The van der Waals surface area contributed by atoms with Crippen LogP contribution in [-0.2, 0) is 15.4 Å². The molecule has 0 aliphatic carbocycles. The maximum Gasteiger partial charge on any atom is 0.264 e. The molecule has 1 aromatic carbocycles. The first-order valence-corrected chi connectivity index (χ1v) is 8.81. The first-order valence-electron chi connectivity index (χ1n) is 7.37. The molecule has 0 unspecified atom stereocenters. The predicted octanol–water partition coefficient (Wildman–Crippen LogP) is 3.27. The van der Waals surface area contributed by atoms with Crippen LogP contribution in [0.3, 0.4) is 0 Å². The van der Waals surface area contributed by atoms with E-state index in [-0.39, 0.29) is 5.41 Å². The first-order chi connectivity index (χ1) is 10.3. The number of benzene rings is 1. The lowest BCUT2D eigenvalue weighted by Gasteiger charge is -2.38. The largest absolute Gasteiger partial charge is 0.264 e. The van der Waals surface area contributed by atoms with Gasteiger partial charge in [-0.2, -0.15) is 0 Å². The Bertz CT molecular complexity index is 796. The second kappa shape index (κ2) is 5.09. The van der Waals surface area contributed by atoms with Gasteiger partial charge in [-0.05, 0) is 37.6 Å². The number of sulfonamides is 1. The minimum atomic E-state index is -3.55. The van der Waals surface area contributed by atoms with Crippen molar-refractivity contribution in [1.82, 2.24) is 4.98 Å². The zero-order valence-corrected chi connectivity index (χ0v) is 13.9. The molecular formula is C17H20N2O2S. The van der Waals surface area contributed by atoms with Gasteiger partial charge in [-0.3, -0.25) is 9.29 Å². The maximum absolute atomic E-state index is 13.0. The second-order valence-corrected chi connectivity index (χ2v) is 8.26. The Balaban J connectivity index is 2.11. The Hall–Kier alpha value is -1.88. The van der Waals surface area contributed by atoms with E-state index in [1.165, 1.54) is 4.31 Å². The minimum Gasteiger partial charge on any atom is -0.264 e. The van der Waals surface area contributed by atoms with Crippen LogP contribution in [-0.4, -0.2) is 19.9 Å². The highest BCUT2D eigenvalue weighted by Crippen LogP contribution is 2.40. The first kappa shape index (κ1) is 15.0. The Labute approximate surface area is 131 Å². The Morgan fingerprint density at radius 3 is 2.50 bits per heavy atom. The van der Waals surface area contributed by atoms with Gasteiger partial charge in [0.15, 0.2) is 0 Å². The lowest BCUT2D eigenvalue weighted by atomic mass is 9.82. The molecule has 0 saturated heterocycles. The van der Waals surface area contributed by atoms with Crippen molar-refractivity contribution < 1.29 is 8.42 Å². The van der Waals surface area contributed by atoms with Gasteiger partial charge in [-0.25, -0.2) is 8.42 Å². The number of hydrogen-bond donors (Lipinski definition) is 0. The van der Waals surface area contributed by atoms with Crippen molar-refractivity contribution >= 4 is 15.7 Å². The number of aryl methyl sites for hydroxylation is 1. The number of nitrogens with zero attached hydrogens (tertiary/aromatic N) is 2. The van der Waals surface area contributed by atoms with E-state index >= 15 is 0 Å². The van der Waals surface area contributed by atoms with E-state index in [1.54, 1.807) is 24.4 Å². The summed E-state index contributed by atoms with van der Waals surface area (Å²) in [6.07, 6.45) is 2.48. The molecule has 5 heteroatoms. The molecule has 0 N–H and O–H groups in total. The standard InChI is InChI=1S/C17H20N2O2S/c1-13-6-8-14(9-7-13)22(20,21)19-12-10-17(2,3)16-15(19)5-4-11-18-16/h4-9,11H,10,12H2,1-3H3. The lowest BCUT2D eigenvalue weighted by Crippen LogP contribution is -2.41. The molecule has 1 aliphatic heterocycles. The van der Waals surface area contributed by atoms with Crippen molar-refractivity contribution in [3.63, 3.8) is 0 Å². The number of aromatic nitrogens is 1. The Kier molecular flexibility index (Phi) is 3.48. The van der Waals surface area contributed by atoms with Crippen molar-refractivity contribution in [1.29, 1.82) is 0 Å². The van der Waals surface area contributed by atoms with E-state index in [9.17, 15) is 8.42 Å². The van der Waals surface area contributed by atoms with Crippen LogP contribution in [0.25, 0.3) is 0 Å². The minimum absolute atomic E-state index is 0.115. The van der Waals surface area contributed by atoms with Crippen molar-refractivity contribution in [2.24, 2.45) is 0 Å². The van der Waals surface area contributed by atoms with Crippen LogP contribution in [0.1, 0.15) is 31.5 Å². The molecule has 0 atom stereocenters. The van der Waals surface area contributed by atoms with Gasteiger partial charge in [0.05, 0.1) is 16.3 Å². The SMILES string of the molecule is Cc1ccc(S(=O)(=O)N2CCC(C)(C)c3ncccc32)cc1. The number of hydrogen-bond acceptors (Lipinski definition) is 3. The molecule has 4 nitrogen and oxygen atoms in total. The average molecular weight is 316 g/mol. The molecule has 1 aliphatic rings. The number of anilines is 1. The zero-order valence-electron chi connectivity index (χ0n) is 13.1. The van der Waals surface area contributed by atoms with E-state index in [2.05, 4.69) is 18.8 Å². The van der Waals surface area contributed by atoms with E-state index < -0.39 is 10.0 Å². The summed E-state index contributed by atoms with van der Waals surface area (Å²) in [4.78, 5) is 4.76. The number of rotatable bonds is 2. The molecule has 2 heterocycles. The molecular weight excluding hydrogens is 296 g/mol. The summed E-state index contributed by atoms with van der Waals surface area (Å²) >= 11 is 0. The van der Waals surface area contributed by atoms with Gasteiger partial charge in [0.25, 0.3) is 10.0 Å². The molecule has 0 fully saturated rings. The predicted molar refractivity (Wildman–Crippen MR) is 87.6 cm³/mol. The highest BCUT2D eigenvalue weighted by atomic mass is 32.2. The summed E-state index contributed by atoms with van der Waals surface area (Å²) in [7, 11) is -3.55. The normalized spacial score (nSPS) is 17.1. The highest BCUT2D eigenvalue weighted by Gasteiger charge is 2.37. The summed E-state index contributed by atoms with van der Waals surface area (Å²) in [5.74, 6) is 0. The van der Waals surface area contributed by atoms with Crippen molar-refractivity contribution in [3.05, 3.63) is 53.9 Å². The summed E-state index contributed by atoms with van der Waals surface area (Å²) in [6.45, 7) is 6.63. The Morgan fingerprint density at radius 2 is 1.82 bits per heavy atom. The monoisotopic (exact) mass is 316 g/mol. The van der Waals surface area contributed by atoms with Crippen LogP contribution in [0.5, 0.6) is 0 Å². The summed E-state index contributed by atoms with van der Waals surface area (Å²) < 4.78 is 27.4.